The molecule has 1 aromatic rings. The van der Waals surface area contributed by atoms with Crippen LogP contribution >= 0.6 is 11.8 Å². The lowest BCUT2D eigenvalue weighted by Crippen LogP contribution is -2.44. The van der Waals surface area contributed by atoms with Crippen LogP contribution in [0, 0.1) is 11.3 Å². The van der Waals surface area contributed by atoms with Gasteiger partial charge >= 0.3 is 0 Å². The molecule has 1 fully saturated rings. The lowest BCUT2D eigenvalue weighted by molar-refractivity contribution is 0.367. The molecule has 1 atom stereocenters. The average molecular weight is 304 g/mol. The van der Waals surface area contributed by atoms with Gasteiger partial charge < -0.3 is 4.74 Å². The van der Waals surface area contributed by atoms with Crippen LogP contribution < -0.4 is 10.1 Å². The summed E-state index contributed by atoms with van der Waals surface area (Å²) in [5.74, 6) is 1.93. The molecule has 1 aromatic carbocycles. The van der Waals surface area contributed by atoms with Crippen LogP contribution in [0.1, 0.15) is 39.0 Å². The molecule has 0 heterocycles. The topological polar surface area (TPSA) is 45.0 Å². The fraction of sp³-hybridized carbons (Fsp3) is 0.588. The minimum atomic E-state index is -0.318. The Hall–Kier alpha value is -1.18. The SMILES string of the molecule is CCC(C#N)(CCCSc1ccc(OC)cc1)NC1CC1. The number of methoxy groups -OCH3 is 1. The zero-order chi connectivity index (χ0) is 15.1. The Kier molecular flexibility index (Phi) is 5.96. The quantitative estimate of drug-likeness (QED) is 0.553. The van der Waals surface area contributed by atoms with Gasteiger partial charge in [0.05, 0.1) is 13.2 Å². The Morgan fingerprint density at radius 3 is 2.62 bits per heavy atom. The molecule has 0 bridgehead atoms. The van der Waals surface area contributed by atoms with Crippen molar-refractivity contribution in [1.82, 2.24) is 5.32 Å². The third kappa shape index (κ3) is 4.94. The first-order chi connectivity index (χ1) is 10.2. The van der Waals surface area contributed by atoms with Gasteiger partial charge in [0.1, 0.15) is 11.3 Å². The van der Waals surface area contributed by atoms with E-state index < -0.39 is 0 Å². The Bertz CT molecular complexity index is 479. The van der Waals surface area contributed by atoms with Crippen molar-refractivity contribution < 1.29 is 4.74 Å². The molecule has 0 radical (unpaired) electrons. The molecule has 1 aliphatic carbocycles. The van der Waals surface area contributed by atoms with Gasteiger partial charge in [-0.1, -0.05) is 6.92 Å². The molecule has 0 spiro atoms. The van der Waals surface area contributed by atoms with Crippen molar-refractivity contribution in [2.75, 3.05) is 12.9 Å². The minimum absolute atomic E-state index is 0.318. The van der Waals surface area contributed by atoms with E-state index in [1.165, 1.54) is 17.7 Å². The number of hydrogen-bond donors (Lipinski definition) is 1. The second-order valence-corrected chi connectivity index (χ2v) is 6.76. The number of nitriles is 1. The van der Waals surface area contributed by atoms with E-state index in [0.717, 1.165) is 30.8 Å². The highest BCUT2D eigenvalue weighted by Gasteiger charge is 2.34. The maximum atomic E-state index is 9.49. The maximum Gasteiger partial charge on any atom is 0.118 e. The normalized spacial score (nSPS) is 17.0. The zero-order valence-corrected chi connectivity index (χ0v) is 13.7. The first-order valence-corrected chi connectivity index (χ1v) is 8.66. The monoisotopic (exact) mass is 304 g/mol. The summed E-state index contributed by atoms with van der Waals surface area (Å²) >= 11 is 1.84. The lowest BCUT2D eigenvalue weighted by Gasteiger charge is -2.26. The largest absolute Gasteiger partial charge is 0.497 e. The molecule has 114 valence electrons. The predicted molar refractivity (Wildman–Crippen MR) is 87.7 cm³/mol. The Morgan fingerprint density at radius 2 is 2.10 bits per heavy atom. The number of nitrogens with one attached hydrogen (secondary N) is 1. The van der Waals surface area contributed by atoms with Crippen molar-refractivity contribution in [2.24, 2.45) is 0 Å². The van der Waals surface area contributed by atoms with Crippen LogP contribution in [0.3, 0.4) is 0 Å². The van der Waals surface area contributed by atoms with Crippen LogP contribution in [0.25, 0.3) is 0 Å². The minimum Gasteiger partial charge on any atom is -0.497 e. The number of rotatable bonds is 9. The highest BCUT2D eigenvalue weighted by atomic mass is 32.2. The third-order valence-corrected chi connectivity index (χ3v) is 5.05. The fourth-order valence-electron chi connectivity index (χ4n) is 2.37. The molecule has 1 unspecified atom stereocenters. The number of nitrogens with zero attached hydrogens (tertiary/aromatic N) is 1. The molecule has 2 rings (SSSR count). The van der Waals surface area contributed by atoms with Crippen molar-refractivity contribution >= 4 is 11.8 Å². The number of hydrogen-bond acceptors (Lipinski definition) is 4. The fourth-order valence-corrected chi connectivity index (χ4v) is 3.23. The third-order valence-electron chi connectivity index (χ3n) is 3.95. The van der Waals surface area contributed by atoms with Crippen LogP contribution in [-0.2, 0) is 0 Å². The summed E-state index contributed by atoms with van der Waals surface area (Å²) < 4.78 is 5.16. The van der Waals surface area contributed by atoms with E-state index >= 15 is 0 Å². The summed E-state index contributed by atoms with van der Waals surface area (Å²) in [6.07, 6.45) is 5.32. The molecule has 3 nitrogen and oxygen atoms in total. The second-order valence-electron chi connectivity index (χ2n) is 5.59. The van der Waals surface area contributed by atoms with Gasteiger partial charge in [-0.25, -0.2) is 0 Å². The second kappa shape index (κ2) is 7.72. The zero-order valence-electron chi connectivity index (χ0n) is 12.9. The molecule has 0 aromatic heterocycles. The summed E-state index contributed by atoms with van der Waals surface area (Å²) in [6.45, 7) is 2.11. The Labute approximate surface area is 132 Å². The van der Waals surface area contributed by atoms with Gasteiger partial charge in [-0.2, -0.15) is 5.26 Å². The average Bonchev–Trinajstić information content (AvgIpc) is 3.35. The van der Waals surface area contributed by atoms with Gasteiger partial charge in [0.25, 0.3) is 0 Å². The van der Waals surface area contributed by atoms with Crippen LogP contribution in [-0.4, -0.2) is 24.4 Å². The molecule has 4 heteroatoms. The van der Waals surface area contributed by atoms with E-state index in [-0.39, 0.29) is 5.54 Å². The molecule has 21 heavy (non-hydrogen) atoms. The number of benzene rings is 1. The summed E-state index contributed by atoms with van der Waals surface area (Å²) in [5.41, 5.74) is -0.318. The first-order valence-electron chi connectivity index (χ1n) is 7.67. The van der Waals surface area contributed by atoms with Gasteiger partial charge in [0.2, 0.25) is 0 Å². The molecule has 1 aliphatic rings. The van der Waals surface area contributed by atoms with Crippen LogP contribution in [0.5, 0.6) is 5.75 Å². The summed E-state index contributed by atoms with van der Waals surface area (Å²) in [4.78, 5) is 1.25. The predicted octanol–water partition coefficient (Wildman–Crippen LogP) is 3.99. The van der Waals surface area contributed by atoms with Crippen molar-refractivity contribution in [3.05, 3.63) is 24.3 Å². The van der Waals surface area contributed by atoms with Crippen LogP contribution in [0.15, 0.2) is 29.2 Å². The van der Waals surface area contributed by atoms with Crippen LogP contribution in [0.2, 0.25) is 0 Å². The lowest BCUT2D eigenvalue weighted by atomic mass is 9.92. The standard InChI is InChI=1S/C17H24N2OS/c1-3-17(13-18,19-14-5-6-14)11-4-12-21-16-9-7-15(20-2)8-10-16/h7-10,14,19H,3-6,11-12H2,1-2H3. The van der Waals surface area contributed by atoms with E-state index in [1.807, 2.05) is 23.9 Å². The van der Waals surface area contributed by atoms with Crippen molar-refractivity contribution in [2.45, 2.75) is 55.5 Å². The highest BCUT2D eigenvalue weighted by molar-refractivity contribution is 7.99. The number of ether oxygens (including phenoxy) is 1. The molecule has 0 amide bonds. The first kappa shape index (κ1) is 16.2. The van der Waals surface area contributed by atoms with Gasteiger partial charge in [0.15, 0.2) is 0 Å². The van der Waals surface area contributed by atoms with E-state index in [0.29, 0.717) is 6.04 Å². The molecular formula is C17H24N2OS. The summed E-state index contributed by atoms with van der Waals surface area (Å²) in [6, 6.07) is 11.2. The van der Waals surface area contributed by atoms with Crippen molar-refractivity contribution in [3.8, 4) is 11.8 Å². The van der Waals surface area contributed by atoms with Gasteiger partial charge in [-0.3, -0.25) is 5.32 Å². The molecule has 0 aliphatic heterocycles. The van der Waals surface area contributed by atoms with E-state index in [4.69, 9.17) is 4.74 Å². The van der Waals surface area contributed by atoms with Gasteiger partial charge in [-0.15, -0.1) is 11.8 Å². The number of thioether (sulfide) groups is 1. The molecule has 1 saturated carbocycles. The van der Waals surface area contributed by atoms with Crippen molar-refractivity contribution in [1.29, 1.82) is 5.26 Å². The Balaban J connectivity index is 1.75. The van der Waals surface area contributed by atoms with E-state index in [2.05, 4.69) is 30.4 Å². The maximum absolute atomic E-state index is 9.49. The van der Waals surface area contributed by atoms with Gasteiger partial charge in [0, 0.05) is 10.9 Å². The van der Waals surface area contributed by atoms with E-state index in [1.54, 1.807) is 7.11 Å². The molecule has 1 N–H and O–H groups in total. The highest BCUT2D eigenvalue weighted by Crippen LogP contribution is 2.28. The van der Waals surface area contributed by atoms with E-state index in [9.17, 15) is 5.26 Å². The van der Waals surface area contributed by atoms with Crippen molar-refractivity contribution in [3.63, 3.8) is 0 Å². The Morgan fingerprint density at radius 1 is 1.38 bits per heavy atom. The summed E-state index contributed by atoms with van der Waals surface area (Å²) in [7, 11) is 1.68. The molecule has 0 saturated heterocycles. The molecular weight excluding hydrogens is 280 g/mol. The summed E-state index contributed by atoms with van der Waals surface area (Å²) in [5, 5.41) is 13.0. The van der Waals surface area contributed by atoms with Crippen LogP contribution in [0.4, 0.5) is 0 Å². The van der Waals surface area contributed by atoms with Gasteiger partial charge in [-0.05, 0) is 62.1 Å². The smallest absolute Gasteiger partial charge is 0.118 e.